The van der Waals surface area contributed by atoms with Gasteiger partial charge in [-0.15, -0.1) is 0 Å². The molecule has 4 aromatic rings. The molecule has 0 aliphatic carbocycles. The van der Waals surface area contributed by atoms with Crippen LogP contribution in [-0.4, -0.2) is 4.98 Å². The third kappa shape index (κ3) is 2.86. The molecule has 0 aliphatic heterocycles. The first-order chi connectivity index (χ1) is 11.3. The van der Waals surface area contributed by atoms with E-state index in [0.29, 0.717) is 10.9 Å². The van der Waals surface area contributed by atoms with Crippen LogP contribution in [0.5, 0.6) is 0 Å². The molecule has 0 saturated heterocycles. The Labute approximate surface area is 139 Å². The topological polar surface area (TPSA) is 26.0 Å². The second-order valence-corrected chi connectivity index (χ2v) is 5.89. The number of hydrogen-bond donors (Lipinski definition) is 0. The fourth-order valence-corrected chi connectivity index (χ4v) is 2.80. The van der Waals surface area contributed by atoms with Crippen LogP contribution in [0.4, 0.5) is 0 Å². The van der Waals surface area contributed by atoms with Crippen LogP contribution in [0.15, 0.2) is 77.2 Å². The third-order valence-electron chi connectivity index (χ3n) is 3.83. The zero-order valence-electron chi connectivity index (χ0n) is 12.4. The van der Waals surface area contributed by atoms with Crippen LogP contribution in [0.25, 0.3) is 22.6 Å². The number of fused-ring (bicyclic) bond motifs is 1. The molecule has 0 saturated carbocycles. The molecule has 3 heteroatoms. The summed E-state index contributed by atoms with van der Waals surface area (Å²) in [5.41, 5.74) is 5.05. The molecule has 1 aromatic heterocycles. The number of para-hydroxylation sites is 1. The van der Waals surface area contributed by atoms with Gasteiger partial charge in [-0.1, -0.05) is 54.1 Å². The number of aromatic nitrogens is 1. The lowest BCUT2D eigenvalue weighted by Gasteiger charge is -2.02. The normalized spacial score (nSPS) is 11.0. The van der Waals surface area contributed by atoms with E-state index < -0.39 is 0 Å². The lowest BCUT2D eigenvalue weighted by molar-refractivity contribution is 0.616. The van der Waals surface area contributed by atoms with Crippen LogP contribution in [0.2, 0.25) is 5.02 Å². The van der Waals surface area contributed by atoms with Crippen molar-refractivity contribution < 1.29 is 4.42 Å². The summed E-state index contributed by atoms with van der Waals surface area (Å²) in [5.74, 6) is 0.622. The summed E-state index contributed by atoms with van der Waals surface area (Å²) in [6, 6.07) is 24.0. The quantitative estimate of drug-likeness (QED) is 0.481. The lowest BCUT2D eigenvalue weighted by Crippen LogP contribution is -1.87. The smallest absolute Gasteiger partial charge is 0.227 e. The van der Waals surface area contributed by atoms with E-state index in [0.717, 1.165) is 28.6 Å². The summed E-state index contributed by atoms with van der Waals surface area (Å²) < 4.78 is 6.04. The molecular weight excluding hydrogens is 306 g/mol. The molecule has 0 bridgehead atoms. The number of hydrogen-bond acceptors (Lipinski definition) is 2. The monoisotopic (exact) mass is 319 g/mol. The first-order valence-electron chi connectivity index (χ1n) is 7.48. The summed E-state index contributed by atoms with van der Waals surface area (Å²) in [7, 11) is 0. The third-order valence-corrected chi connectivity index (χ3v) is 4.08. The zero-order valence-corrected chi connectivity index (χ0v) is 13.1. The standard InChI is InChI=1S/C20H14ClNO/c21-17-11-9-15(10-12-17)20-22-18-8-4-7-16(19(18)23-20)13-14-5-2-1-3-6-14/h1-12H,13H2. The molecule has 23 heavy (non-hydrogen) atoms. The Morgan fingerprint density at radius 2 is 1.61 bits per heavy atom. The van der Waals surface area contributed by atoms with E-state index in [1.165, 1.54) is 5.56 Å². The molecule has 0 atom stereocenters. The van der Waals surface area contributed by atoms with Gasteiger partial charge in [0.15, 0.2) is 5.58 Å². The highest BCUT2D eigenvalue weighted by Gasteiger charge is 2.11. The number of nitrogens with zero attached hydrogens (tertiary/aromatic N) is 1. The molecule has 0 unspecified atom stereocenters. The molecule has 1 heterocycles. The molecule has 0 radical (unpaired) electrons. The van der Waals surface area contributed by atoms with Crippen molar-refractivity contribution in [3.63, 3.8) is 0 Å². The summed E-state index contributed by atoms with van der Waals surface area (Å²) >= 11 is 5.94. The van der Waals surface area contributed by atoms with E-state index in [1.807, 2.05) is 42.5 Å². The SMILES string of the molecule is Clc1ccc(-c2nc3cccc(Cc4ccccc4)c3o2)cc1. The fourth-order valence-electron chi connectivity index (χ4n) is 2.68. The Bertz CT molecular complexity index is 942. The van der Waals surface area contributed by atoms with Gasteiger partial charge in [0.2, 0.25) is 5.89 Å². The maximum absolute atomic E-state index is 6.04. The lowest BCUT2D eigenvalue weighted by atomic mass is 10.0. The molecule has 0 fully saturated rings. The van der Waals surface area contributed by atoms with Crippen LogP contribution < -0.4 is 0 Å². The second kappa shape index (κ2) is 5.90. The van der Waals surface area contributed by atoms with Crippen molar-refractivity contribution in [1.29, 1.82) is 0 Å². The van der Waals surface area contributed by atoms with Crippen molar-refractivity contribution in [2.24, 2.45) is 0 Å². The molecule has 3 aromatic carbocycles. The molecule has 0 N–H and O–H groups in total. The molecule has 0 spiro atoms. The van der Waals surface area contributed by atoms with Crippen LogP contribution in [0.3, 0.4) is 0 Å². The Morgan fingerprint density at radius 1 is 0.826 bits per heavy atom. The molecular formula is C20H14ClNO. The maximum Gasteiger partial charge on any atom is 0.227 e. The number of halogens is 1. The van der Waals surface area contributed by atoms with Crippen molar-refractivity contribution in [3.05, 3.63) is 88.9 Å². The van der Waals surface area contributed by atoms with Crippen LogP contribution >= 0.6 is 11.6 Å². The molecule has 4 rings (SSSR count). The Hall–Kier alpha value is -2.58. The highest BCUT2D eigenvalue weighted by Crippen LogP contribution is 2.28. The van der Waals surface area contributed by atoms with Crippen LogP contribution in [0, 0.1) is 0 Å². The minimum atomic E-state index is 0.622. The summed E-state index contributed by atoms with van der Waals surface area (Å²) in [6.07, 6.45) is 0.827. The van der Waals surface area contributed by atoms with E-state index in [9.17, 15) is 0 Å². The van der Waals surface area contributed by atoms with Gasteiger partial charge in [-0.2, -0.15) is 0 Å². The highest BCUT2D eigenvalue weighted by molar-refractivity contribution is 6.30. The molecule has 112 valence electrons. The van der Waals surface area contributed by atoms with E-state index in [1.54, 1.807) is 0 Å². The van der Waals surface area contributed by atoms with Crippen molar-refractivity contribution in [1.82, 2.24) is 4.98 Å². The Balaban J connectivity index is 1.77. The molecule has 0 amide bonds. The number of benzene rings is 3. The van der Waals surface area contributed by atoms with Crippen LogP contribution in [-0.2, 0) is 6.42 Å². The second-order valence-electron chi connectivity index (χ2n) is 5.45. The summed E-state index contributed by atoms with van der Waals surface area (Å²) in [6.45, 7) is 0. The van der Waals surface area contributed by atoms with Gasteiger partial charge in [-0.3, -0.25) is 0 Å². The van der Waals surface area contributed by atoms with E-state index in [4.69, 9.17) is 16.0 Å². The van der Waals surface area contributed by atoms with Gasteiger partial charge in [-0.05, 0) is 35.9 Å². The minimum absolute atomic E-state index is 0.622. The Kier molecular flexibility index (Phi) is 3.60. The maximum atomic E-state index is 6.04. The zero-order chi connectivity index (χ0) is 15.6. The largest absolute Gasteiger partial charge is 0.436 e. The van der Waals surface area contributed by atoms with Crippen molar-refractivity contribution in [2.75, 3.05) is 0 Å². The van der Waals surface area contributed by atoms with E-state index >= 15 is 0 Å². The summed E-state index contributed by atoms with van der Waals surface area (Å²) in [5, 5.41) is 0.703. The van der Waals surface area contributed by atoms with Gasteiger partial charge in [-0.25, -0.2) is 4.98 Å². The first-order valence-corrected chi connectivity index (χ1v) is 7.86. The van der Waals surface area contributed by atoms with E-state index in [-0.39, 0.29) is 0 Å². The summed E-state index contributed by atoms with van der Waals surface area (Å²) in [4.78, 5) is 4.61. The van der Waals surface area contributed by atoms with Gasteiger partial charge < -0.3 is 4.42 Å². The van der Waals surface area contributed by atoms with Crippen molar-refractivity contribution >= 4 is 22.7 Å². The number of rotatable bonds is 3. The van der Waals surface area contributed by atoms with Gasteiger partial charge in [0.1, 0.15) is 5.52 Å². The number of oxazole rings is 1. The fraction of sp³-hybridized carbons (Fsp3) is 0.0500. The molecule has 2 nitrogen and oxygen atoms in total. The van der Waals surface area contributed by atoms with Gasteiger partial charge in [0.25, 0.3) is 0 Å². The minimum Gasteiger partial charge on any atom is -0.436 e. The van der Waals surface area contributed by atoms with Crippen molar-refractivity contribution in [3.8, 4) is 11.5 Å². The predicted molar refractivity (Wildman–Crippen MR) is 93.7 cm³/mol. The first kappa shape index (κ1) is 14.0. The van der Waals surface area contributed by atoms with Crippen molar-refractivity contribution in [2.45, 2.75) is 6.42 Å². The highest BCUT2D eigenvalue weighted by atomic mass is 35.5. The average Bonchev–Trinajstić information content (AvgIpc) is 3.02. The predicted octanol–water partition coefficient (Wildman–Crippen LogP) is 5.74. The van der Waals surface area contributed by atoms with Gasteiger partial charge >= 0.3 is 0 Å². The average molecular weight is 320 g/mol. The van der Waals surface area contributed by atoms with Crippen LogP contribution in [0.1, 0.15) is 11.1 Å². The van der Waals surface area contributed by atoms with E-state index in [2.05, 4.69) is 35.3 Å². The van der Waals surface area contributed by atoms with Gasteiger partial charge in [0.05, 0.1) is 0 Å². The molecule has 0 aliphatic rings. The van der Waals surface area contributed by atoms with Gasteiger partial charge in [0, 0.05) is 22.6 Å². The Morgan fingerprint density at radius 3 is 2.39 bits per heavy atom.